The highest BCUT2D eigenvalue weighted by molar-refractivity contribution is 5.47. The quantitative estimate of drug-likeness (QED) is 0.616. The van der Waals surface area contributed by atoms with Crippen LogP contribution in [-0.2, 0) is 11.3 Å². The summed E-state index contributed by atoms with van der Waals surface area (Å²) < 4.78 is 16.3. The van der Waals surface area contributed by atoms with Crippen LogP contribution in [0.1, 0.15) is 25.3 Å². The van der Waals surface area contributed by atoms with Gasteiger partial charge in [-0.05, 0) is 48.4 Å². The van der Waals surface area contributed by atoms with E-state index in [9.17, 15) is 0 Å². The molecule has 0 aliphatic carbocycles. The third-order valence-corrected chi connectivity index (χ3v) is 3.57. The minimum Gasteiger partial charge on any atom is -0.494 e. The second-order valence-corrected chi connectivity index (χ2v) is 5.57. The summed E-state index contributed by atoms with van der Waals surface area (Å²) in [6, 6.07) is 16.2. The molecule has 1 N–H and O–H groups in total. The lowest BCUT2D eigenvalue weighted by Gasteiger charge is -2.10. The summed E-state index contributed by atoms with van der Waals surface area (Å²) in [6.45, 7) is 4.86. The highest BCUT2D eigenvalue weighted by Gasteiger charge is 1.99. The second kappa shape index (κ2) is 10.6. The third-order valence-electron chi connectivity index (χ3n) is 3.57. The first kappa shape index (κ1) is 18.1. The molecule has 0 unspecified atom stereocenters. The molecule has 0 bridgehead atoms. The van der Waals surface area contributed by atoms with E-state index in [2.05, 4.69) is 24.4 Å². The van der Waals surface area contributed by atoms with E-state index < -0.39 is 0 Å². The summed E-state index contributed by atoms with van der Waals surface area (Å²) >= 11 is 0. The van der Waals surface area contributed by atoms with Gasteiger partial charge in [0.2, 0.25) is 0 Å². The Bertz CT molecular complexity index is 584. The lowest BCUT2D eigenvalue weighted by atomic mass is 10.2. The normalized spacial score (nSPS) is 10.4. The topological polar surface area (TPSA) is 39.7 Å². The van der Waals surface area contributed by atoms with Crippen LogP contribution in [0.2, 0.25) is 0 Å². The minimum absolute atomic E-state index is 0.564. The minimum atomic E-state index is 0.564. The molecule has 0 atom stereocenters. The van der Waals surface area contributed by atoms with Gasteiger partial charge in [-0.15, -0.1) is 0 Å². The Balaban J connectivity index is 1.81. The standard InChI is InChI=1S/C20H27NO3/c1-3-4-12-23-20-7-5-6-17(15-20)16-21-18-8-10-19(11-9-18)24-14-13-22-2/h5-11,15,21H,3-4,12-14,16H2,1-2H3. The molecule has 0 aromatic heterocycles. The molecule has 2 aromatic carbocycles. The second-order valence-electron chi connectivity index (χ2n) is 5.57. The Morgan fingerprint density at radius 2 is 1.67 bits per heavy atom. The molecule has 130 valence electrons. The first-order valence-electron chi connectivity index (χ1n) is 8.49. The van der Waals surface area contributed by atoms with E-state index in [0.29, 0.717) is 13.2 Å². The average Bonchev–Trinajstić information content (AvgIpc) is 2.62. The van der Waals surface area contributed by atoms with Crippen molar-refractivity contribution < 1.29 is 14.2 Å². The number of benzene rings is 2. The number of anilines is 1. The van der Waals surface area contributed by atoms with Gasteiger partial charge in [-0.3, -0.25) is 0 Å². The molecule has 0 amide bonds. The van der Waals surface area contributed by atoms with Crippen LogP contribution in [0, 0.1) is 0 Å². The van der Waals surface area contributed by atoms with Gasteiger partial charge in [0.25, 0.3) is 0 Å². The molecule has 2 aromatic rings. The van der Waals surface area contributed by atoms with Crippen LogP contribution in [0.25, 0.3) is 0 Å². The Kier molecular flexibility index (Phi) is 7.98. The van der Waals surface area contributed by atoms with E-state index in [0.717, 1.165) is 43.2 Å². The number of hydrogen-bond donors (Lipinski definition) is 1. The largest absolute Gasteiger partial charge is 0.494 e. The lowest BCUT2D eigenvalue weighted by molar-refractivity contribution is 0.146. The van der Waals surface area contributed by atoms with Gasteiger partial charge in [0.05, 0.1) is 13.2 Å². The monoisotopic (exact) mass is 329 g/mol. The Hall–Kier alpha value is -2.20. The highest BCUT2D eigenvalue weighted by Crippen LogP contribution is 2.18. The van der Waals surface area contributed by atoms with E-state index in [1.54, 1.807) is 7.11 Å². The molecule has 0 heterocycles. The zero-order valence-electron chi connectivity index (χ0n) is 14.6. The smallest absolute Gasteiger partial charge is 0.119 e. The Labute approximate surface area is 144 Å². The first-order valence-corrected chi connectivity index (χ1v) is 8.49. The van der Waals surface area contributed by atoms with Crippen LogP contribution in [0.4, 0.5) is 5.69 Å². The van der Waals surface area contributed by atoms with Gasteiger partial charge in [0.1, 0.15) is 18.1 Å². The molecule has 0 aliphatic rings. The number of ether oxygens (including phenoxy) is 3. The van der Waals surface area contributed by atoms with Crippen molar-refractivity contribution in [1.29, 1.82) is 0 Å². The van der Waals surface area contributed by atoms with E-state index in [-0.39, 0.29) is 0 Å². The fourth-order valence-corrected chi connectivity index (χ4v) is 2.20. The van der Waals surface area contributed by atoms with Crippen LogP contribution >= 0.6 is 0 Å². The molecule has 0 saturated carbocycles. The zero-order chi connectivity index (χ0) is 17.0. The van der Waals surface area contributed by atoms with Crippen LogP contribution in [-0.4, -0.2) is 26.9 Å². The van der Waals surface area contributed by atoms with E-state index >= 15 is 0 Å². The number of nitrogens with one attached hydrogen (secondary N) is 1. The van der Waals surface area contributed by atoms with Gasteiger partial charge in [0, 0.05) is 19.3 Å². The summed E-state index contributed by atoms with van der Waals surface area (Å²) in [6.07, 6.45) is 2.23. The highest BCUT2D eigenvalue weighted by atomic mass is 16.5. The molecule has 2 rings (SSSR count). The van der Waals surface area contributed by atoms with Crippen molar-refractivity contribution in [2.75, 3.05) is 32.2 Å². The molecule has 0 spiro atoms. The van der Waals surface area contributed by atoms with Gasteiger partial charge in [-0.2, -0.15) is 0 Å². The fourth-order valence-electron chi connectivity index (χ4n) is 2.20. The molecule has 0 fully saturated rings. The molecule has 4 heteroatoms. The number of rotatable bonds is 11. The van der Waals surface area contributed by atoms with Crippen LogP contribution in [0.15, 0.2) is 48.5 Å². The van der Waals surface area contributed by atoms with Crippen molar-refractivity contribution >= 4 is 5.69 Å². The fraction of sp³-hybridized carbons (Fsp3) is 0.400. The molecule has 0 radical (unpaired) electrons. The molecule has 24 heavy (non-hydrogen) atoms. The zero-order valence-corrected chi connectivity index (χ0v) is 14.6. The number of unbranched alkanes of at least 4 members (excludes halogenated alkanes) is 1. The van der Waals surface area contributed by atoms with Crippen molar-refractivity contribution in [2.45, 2.75) is 26.3 Å². The maximum atomic E-state index is 5.75. The van der Waals surface area contributed by atoms with Crippen LogP contribution in [0.3, 0.4) is 0 Å². The van der Waals surface area contributed by atoms with Gasteiger partial charge < -0.3 is 19.5 Å². The molecule has 4 nitrogen and oxygen atoms in total. The van der Waals surface area contributed by atoms with Crippen molar-refractivity contribution in [3.8, 4) is 11.5 Å². The number of methoxy groups -OCH3 is 1. The molecular weight excluding hydrogens is 302 g/mol. The summed E-state index contributed by atoms with van der Waals surface area (Å²) in [5.41, 5.74) is 2.26. The van der Waals surface area contributed by atoms with E-state index in [1.165, 1.54) is 5.56 Å². The summed E-state index contributed by atoms with van der Waals surface area (Å²) in [5, 5.41) is 3.41. The van der Waals surface area contributed by atoms with E-state index in [1.807, 2.05) is 36.4 Å². The summed E-state index contributed by atoms with van der Waals surface area (Å²) in [7, 11) is 1.67. The maximum Gasteiger partial charge on any atom is 0.119 e. The number of hydrogen-bond acceptors (Lipinski definition) is 4. The molecule has 0 aliphatic heterocycles. The lowest BCUT2D eigenvalue weighted by Crippen LogP contribution is -2.04. The predicted molar refractivity (Wildman–Crippen MR) is 98.0 cm³/mol. The maximum absolute atomic E-state index is 5.75. The SMILES string of the molecule is CCCCOc1cccc(CNc2ccc(OCCOC)cc2)c1. The Morgan fingerprint density at radius 3 is 2.42 bits per heavy atom. The van der Waals surface area contributed by atoms with Gasteiger partial charge >= 0.3 is 0 Å². The molecular formula is C20H27NO3. The van der Waals surface area contributed by atoms with Crippen molar-refractivity contribution in [3.63, 3.8) is 0 Å². The van der Waals surface area contributed by atoms with Gasteiger partial charge in [-0.1, -0.05) is 25.5 Å². The van der Waals surface area contributed by atoms with Crippen molar-refractivity contribution in [2.24, 2.45) is 0 Å². The predicted octanol–water partition coefficient (Wildman–Crippen LogP) is 4.50. The van der Waals surface area contributed by atoms with Gasteiger partial charge in [0.15, 0.2) is 0 Å². The average molecular weight is 329 g/mol. The summed E-state index contributed by atoms with van der Waals surface area (Å²) in [4.78, 5) is 0. The van der Waals surface area contributed by atoms with Crippen LogP contribution < -0.4 is 14.8 Å². The van der Waals surface area contributed by atoms with E-state index in [4.69, 9.17) is 14.2 Å². The molecule has 0 saturated heterocycles. The first-order chi connectivity index (χ1) is 11.8. The van der Waals surface area contributed by atoms with Crippen molar-refractivity contribution in [1.82, 2.24) is 0 Å². The Morgan fingerprint density at radius 1 is 0.875 bits per heavy atom. The van der Waals surface area contributed by atoms with Crippen molar-refractivity contribution in [3.05, 3.63) is 54.1 Å². The summed E-state index contributed by atoms with van der Waals surface area (Å²) in [5.74, 6) is 1.79. The third kappa shape index (κ3) is 6.50. The van der Waals surface area contributed by atoms with Crippen LogP contribution in [0.5, 0.6) is 11.5 Å². The van der Waals surface area contributed by atoms with Gasteiger partial charge in [-0.25, -0.2) is 0 Å².